The zero-order valence-corrected chi connectivity index (χ0v) is 21.1. The molecule has 0 saturated heterocycles. The van der Waals surface area contributed by atoms with Gasteiger partial charge in [0.2, 0.25) is 5.88 Å². The van der Waals surface area contributed by atoms with Crippen molar-refractivity contribution in [1.29, 1.82) is 0 Å². The molecule has 4 aromatic rings. The lowest BCUT2D eigenvalue weighted by Crippen LogP contribution is -2.27. The number of benzene rings is 1. The quantitative estimate of drug-likeness (QED) is 0.365. The average molecular weight is 532 g/mol. The standard InChI is InChI=1S/C24H23F2N5O5S/c1-24(2,3)36-23(32)29-20-13-31-12-14(5-8-21(31)28-20)15-9-18(22(35-4)27-11-15)30-37(33,34)19-7-6-16(25)10-17(19)26/h5-13,30H,1-4H3,(H,29,32). The van der Waals surface area contributed by atoms with Crippen LogP contribution in [0.15, 0.2) is 59.9 Å². The molecule has 0 aliphatic heterocycles. The van der Waals surface area contributed by atoms with E-state index in [-0.39, 0.29) is 17.4 Å². The molecule has 0 radical (unpaired) electrons. The van der Waals surface area contributed by atoms with E-state index in [4.69, 9.17) is 9.47 Å². The summed E-state index contributed by atoms with van der Waals surface area (Å²) in [6.45, 7) is 5.24. The Morgan fingerprint density at radius 1 is 1.05 bits per heavy atom. The van der Waals surface area contributed by atoms with E-state index in [1.165, 1.54) is 19.4 Å². The molecule has 2 N–H and O–H groups in total. The molecule has 0 spiro atoms. The summed E-state index contributed by atoms with van der Waals surface area (Å²) in [6.07, 6.45) is 4.10. The number of rotatable bonds is 6. The molecule has 3 aromatic heterocycles. The highest BCUT2D eigenvalue weighted by Crippen LogP contribution is 2.31. The Kier molecular flexibility index (Phi) is 6.74. The topological polar surface area (TPSA) is 124 Å². The molecule has 194 valence electrons. The SMILES string of the molecule is COc1ncc(-c2ccc3nc(NC(=O)OC(C)(C)C)cn3c2)cc1NS(=O)(=O)c1ccc(F)cc1F. The summed E-state index contributed by atoms with van der Waals surface area (Å²) in [5.41, 5.74) is 0.928. The van der Waals surface area contributed by atoms with E-state index in [9.17, 15) is 22.0 Å². The zero-order chi connectivity index (χ0) is 27.0. The number of methoxy groups -OCH3 is 1. The maximum atomic E-state index is 14.1. The smallest absolute Gasteiger partial charge is 0.413 e. The van der Waals surface area contributed by atoms with Crippen LogP contribution in [-0.4, -0.2) is 41.6 Å². The molecular weight excluding hydrogens is 508 g/mol. The summed E-state index contributed by atoms with van der Waals surface area (Å²) in [5.74, 6) is -1.93. The first-order valence-corrected chi connectivity index (χ1v) is 12.3. The summed E-state index contributed by atoms with van der Waals surface area (Å²) in [4.78, 5) is 19.8. The number of hydrogen-bond acceptors (Lipinski definition) is 7. The van der Waals surface area contributed by atoms with Gasteiger partial charge in [-0.05, 0) is 51.1 Å². The first-order valence-electron chi connectivity index (χ1n) is 10.9. The Morgan fingerprint density at radius 2 is 1.81 bits per heavy atom. The van der Waals surface area contributed by atoms with Crippen molar-refractivity contribution in [2.75, 3.05) is 17.1 Å². The van der Waals surface area contributed by atoms with Gasteiger partial charge in [0.1, 0.15) is 33.5 Å². The van der Waals surface area contributed by atoms with Gasteiger partial charge in [-0.25, -0.2) is 32.0 Å². The van der Waals surface area contributed by atoms with Crippen molar-refractivity contribution < 1.29 is 31.5 Å². The van der Waals surface area contributed by atoms with Gasteiger partial charge in [-0.3, -0.25) is 10.0 Å². The molecule has 0 atom stereocenters. The first-order chi connectivity index (χ1) is 17.3. The van der Waals surface area contributed by atoms with Crippen molar-refractivity contribution in [3.63, 3.8) is 0 Å². The number of sulfonamides is 1. The van der Waals surface area contributed by atoms with Crippen LogP contribution in [0.4, 0.5) is 25.1 Å². The van der Waals surface area contributed by atoms with Crippen molar-refractivity contribution in [3.8, 4) is 17.0 Å². The normalized spacial score (nSPS) is 11.8. The molecule has 1 amide bonds. The molecule has 4 rings (SSSR count). The second-order valence-corrected chi connectivity index (χ2v) is 10.5. The monoisotopic (exact) mass is 531 g/mol. The highest BCUT2D eigenvalue weighted by molar-refractivity contribution is 7.92. The Balaban J connectivity index is 1.64. The van der Waals surface area contributed by atoms with E-state index in [0.29, 0.717) is 22.8 Å². The first kappa shape index (κ1) is 25.8. The fourth-order valence-electron chi connectivity index (χ4n) is 3.37. The molecule has 0 aliphatic carbocycles. The summed E-state index contributed by atoms with van der Waals surface area (Å²) < 4.78 is 67.2. The molecule has 13 heteroatoms. The second-order valence-electron chi connectivity index (χ2n) is 8.90. The summed E-state index contributed by atoms with van der Waals surface area (Å²) in [7, 11) is -3.13. The third kappa shape index (κ3) is 5.94. The predicted molar refractivity (Wildman–Crippen MR) is 132 cm³/mol. The highest BCUT2D eigenvalue weighted by atomic mass is 32.2. The average Bonchev–Trinajstić information content (AvgIpc) is 3.18. The lowest BCUT2D eigenvalue weighted by Gasteiger charge is -2.18. The van der Waals surface area contributed by atoms with E-state index in [0.717, 1.165) is 12.1 Å². The minimum atomic E-state index is -4.43. The van der Waals surface area contributed by atoms with Crippen LogP contribution >= 0.6 is 0 Å². The van der Waals surface area contributed by atoms with Crippen molar-refractivity contribution in [2.24, 2.45) is 0 Å². The fourth-order valence-corrected chi connectivity index (χ4v) is 4.48. The number of pyridine rings is 2. The van der Waals surface area contributed by atoms with Crippen LogP contribution in [0.25, 0.3) is 16.8 Å². The van der Waals surface area contributed by atoms with Crippen LogP contribution in [0.2, 0.25) is 0 Å². The largest absolute Gasteiger partial charge is 0.480 e. The van der Waals surface area contributed by atoms with Gasteiger partial charge in [0.05, 0.1) is 13.3 Å². The number of anilines is 2. The number of hydrogen-bond donors (Lipinski definition) is 2. The third-order valence-corrected chi connectivity index (χ3v) is 6.28. The number of carbonyl (C=O) groups excluding carboxylic acids is 1. The fraction of sp³-hybridized carbons (Fsp3) is 0.208. The van der Waals surface area contributed by atoms with Gasteiger partial charge < -0.3 is 13.9 Å². The number of halogens is 2. The predicted octanol–water partition coefficient (Wildman–Crippen LogP) is 4.83. The number of nitrogens with one attached hydrogen (secondary N) is 2. The van der Waals surface area contributed by atoms with Gasteiger partial charge in [0.15, 0.2) is 5.82 Å². The van der Waals surface area contributed by atoms with Crippen LogP contribution in [0.1, 0.15) is 20.8 Å². The van der Waals surface area contributed by atoms with Gasteiger partial charge in [-0.1, -0.05) is 0 Å². The van der Waals surface area contributed by atoms with E-state index in [1.807, 2.05) is 0 Å². The minimum Gasteiger partial charge on any atom is -0.480 e. The molecular formula is C24H23F2N5O5S. The van der Waals surface area contributed by atoms with Crippen molar-refractivity contribution in [1.82, 2.24) is 14.4 Å². The summed E-state index contributed by atoms with van der Waals surface area (Å²) in [5, 5.41) is 2.57. The molecule has 0 saturated carbocycles. The number of ether oxygens (including phenoxy) is 2. The Bertz CT molecular complexity index is 1600. The van der Waals surface area contributed by atoms with E-state index in [1.54, 1.807) is 49.7 Å². The van der Waals surface area contributed by atoms with E-state index < -0.39 is 38.2 Å². The molecule has 1 aromatic carbocycles. The van der Waals surface area contributed by atoms with Crippen molar-refractivity contribution in [2.45, 2.75) is 31.3 Å². The van der Waals surface area contributed by atoms with Crippen LogP contribution < -0.4 is 14.8 Å². The number of amides is 1. The molecule has 0 unspecified atom stereocenters. The second kappa shape index (κ2) is 9.65. The Morgan fingerprint density at radius 3 is 2.49 bits per heavy atom. The minimum absolute atomic E-state index is 0.0533. The van der Waals surface area contributed by atoms with Crippen molar-refractivity contribution >= 4 is 33.3 Å². The third-order valence-electron chi connectivity index (χ3n) is 4.89. The lowest BCUT2D eigenvalue weighted by atomic mass is 10.1. The van der Waals surface area contributed by atoms with Gasteiger partial charge in [0.25, 0.3) is 10.0 Å². The van der Waals surface area contributed by atoms with Gasteiger partial charge in [-0.2, -0.15) is 0 Å². The van der Waals surface area contributed by atoms with Crippen LogP contribution in [0.5, 0.6) is 5.88 Å². The van der Waals surface area contributed by atoms with Gasteiger partial charge in [-0.15, -0.1) is 0 Å². The number of carbonyl (C=O) groups is 1. The number of nitrogens with zero attached hydrogens (tertiary/aromatic N) is 3. The Labute approximate surface area is 211 Å². The van der Waals surface area contributed by atoms with Crippen LogP contribution in [0.3, 0.4) is 0 Å². The maximum absolute atomic E-state index is 14.1. The Hall–Kier alpha value is -4.26. The number of imidazole rings is 1. The van der Waals surface area contributed by atoms with Crippen molar-refractivity contribution in [3.05, 3.63) is 66.6 Å². The van der Waals surface area contributed by atoms with Gasteiger partial charge >= 0.3 is 6.09 Å². The molecule has 10 nitrogen and oxygen atoms in total. The lowest BCUT2D eigenvalue weighted by molar-refractivity contribution is 0.0635. The van der Waals surface area contributed by atoms with E-state index >= 15 is 0 Å². The number of fused-ring (bicyclic) bond motifs is 1. The molecule has 37 heavy (non-hydrogen) atoms. The number of aromatic nitrogens is 3. The summed E-state index contributed by atoms with van der Waals surface area (Å²) in [6, 6.07) is 7.02. The highest BCUT2D eigenvalue weighted by Gasteiger charge is 2.22. The van der Waals surface area contributed by atoms with Gasteiger partial charge in [0, 0.05) is 29.6 Å². The zero-order valence-electron chi connectivity index (χ0n) is 20.2. The maximum Gasteiger partial charge on any atom is 0.413 e. The molecule has 0 fully saturated rings. The van der Waals surface area contributed by atoms with Crippen LogP contribution in [-0.2, 0) is 14.8 Å². The molecule has 0 bridgehead atoms. The molecule has 0 aliphatic rings. The van der Waals surface area contributed by atoms with Crippen LogP contribution in [0, 0.1) is 11.6 Å². The molecule has 3 heterocycles. The summed E-state index contributed by atoms with van der Waals surface area (Å²) >= 11 is 0. The van der Waals surface area contributed by atoms with E-state index in [2.05, 4.69) is 20.0 Å².